The number of aliphatic carboxylic acids is 1. The Morgan fingerprint density at radius 2 is 2.21 bits per heavy atom. The first-order valence-electron chi connectivity index (χ1n) is 6.44. The first-order valence-corrected chi connectivity index (χ1v) is 6.44. The molecule has 0 amide bonds. The van der Waals surface area contributed by atoms with Gasteiger partial charge in [0.25, 0.3) is 0 Å². The van der Waals surface area contributed by atoms with Crippen LogP contribution in [0.4, 0.5) is 5.82 Å². The predicted molar refractivity (Wildman–Crippen MR) is 72.1 cm³/mol. The zero-order valence-corrected chi connectivity index (χ0v) is 10.5. The molecule has 1 saturated heterocycles. The number of aromatic nitrogens is 2. The third-order valence-electron chi connectivity index (χ3n) is 3.62. The van der Waals surface area contributed by atoms with Gasteiger partial charge in [-0.3, -0.25) is 4.79 Å². The summed E-state index contributed by atoms with van der Waals surface area (Å²) in [6.07, 6.45) is 3.35. The molecule has 0 aliphatic carbocycles. The lowest BCUT2D eigenvalue weighted by molar-refractivity contribution is -0.141. The third-order valence-corrected chi connectivity index (χ3v) is 3.62. The summed E-state index contributed by atoms with van der Waals surface area (Å²) in [5, 5.41) is 19.4. The van der Waals surface area contributed by atoms with Gasteiger partial charge >= 0.3 is 5.97 Å². The molecule has 1 N–H and O–H groups in total. The Balaban J connectivity index is 1.97. The van der Waals surface area contributed by atoms with Crippen molar-refractivity contribution in [2.24, 2.45) is 5.92 Å². The zero-order valence-electron chi connectivity index (χ0n) is 10.5. The van der Waals surface area contributed by atoms with Crippen molar-refractivity contribution in [1.29, 1.82) is 0 Å². The summed E-state index contributed by atoms with van der Waals surface area (Å²) >= 11 is 0. The van der Waals surface area contributed by atoms with Gasteiger partial charge in [-0.05, 0) is 12.8 Å². The van der Waals surface area contributed by atoms with Crippen LogP contribution in [0, 0.1) is 5.92 Å². The Morgan fingerprint density at radius 1 is 1.37 bits per heavy atom. The molecule has 1 aliphatic heterocycles. The van der Waals surface area contributed by atoms with Gasteiger partial charge in [-0.2, -0.15) is 5.10 Å². The fourth-order valence-corrected chi connectivity index (χ4v) is 2.62. The fourth-order valence-electron chi connectivity index (χ4n) is 2.62. The zero-order chi connectivity index (χ0) is 13.2. The van der Waals surface area contributed by atoms with Crippen molar-refractivity contribution < 1.29 is 9.90 Å². The first-order chi connectivity index (χ1) is 9.25. The van der Waals surface area contributed by atoms with E-state index in [2.05, 4.69) is 10.2 Å². The average molecular weight is 257 g/mol. The Labute approximate surface area is 110 Å². The van der Waals surface area contributed by atoms with Crippen molar-refractivity contribution in [3.8, 4) is 0 Å². The minimum absolute atomic E-state index is 0.311. The summed E-state index contributed by atoms with van der Waals surface area (Å²) < 4.78 is 0. The van der Waals surface area contributed by atoms with Gasteiger partial charge in [0.1, 0.15) is 0 Å². The highest BCUT2D eigenvalue weighted by atomic mass is 16.4. The number of rotatable bonds is 2. The molecule has 2 aromatic rings. The largest absolute Gasteiger partial charge is 0.481 e. The van der Waals surface area contributed by atoms with E-state index in [9.17, 15) is 4.79 Å². The molecule has 2 heterocycles. The van der Waals surface area contributed by atoms with Crippen molar-refractivity contribution in [3.05, 3.63) is 30.5 Å². The highest BCUT2D eigenvalue weighted by molar-refractivity contribution is 5.91. The number of benzene rings is 1. The van der Waals surface area contributed by atoms with E-state index in [1.807, 2.05) is 29.2 Å². The van der Waals surface area contributed by atoms with E-state index in [4.69, 9.17) is 5.11 Å². The van der Waals surface area contributed by atoms with Gasteiger partial charge in [0.05, 0.1) is 12.1 Å². The van der Waals surface area contributed by atoms with E-state index in [-0.39, 0.29) is 5.92 Å². The minimum atomic E-state index is -0.724. The molecule has 5 nitrogen and oxygen atoms in total. The van der Waals surface area contributed by atoms with Crippen LogP contribution in [0.15, 0.2) is 30.5 Å². The minimum Gasteiger partial charge on any atom is -0.481 e. The Morgan fingerprint density at radius 3 is 3.05 bits per heavy atom. The fraction of sp³-hybridized carbons (Fsp3) is 0.357. The highest BCUT2D eigenvalue weighted by Crippen LogP contribution is 2.27. The number of carbonyl (C=O) groups is 1. The van der Waals surface area contributed by atoms with Gasteiger partial charge in [-0.15, -0.1) is 5.10 Å². The maximum absolute atomic E-state index is 11.1. The Hall–Kier alpha value is -2.17. The second kappa shape index (κ2) is 4.84. The molecule has 1 aromatic heterocycles. The van der Waals surface area contributed by atoms with E-state index >= 15 is 0 Å². The van der Waals surface area contributed by atoms with Gasteiger partial charge in [0.2, 0.25) is 0 Å². The number of anilines is 1. The SMILES string of the molecule is O=C(O)C1CCCN(c2nncc3ccccc23)C1. The van der Waals surface area contributed by atoms with Crippen LogP contribution in [0.2, 0.25) is 0 Å². The predicted octanol–water partition coefficient (Wildman–Crippen LogP) is 1.93. The van der Waals surface area contributed by atoms with Crippen LogP contribution >= 0.6 is 0 Å². The van der Waals surface area contributed by atoms with Gasteiger partial charge in [-0.1, -0.05) is 24.3 Å². The number of hydrogen-bond donors (Lipinski definition) is 1. The van der Waals surface area contributed by atoms with Gasteiger partial charge in [0, 0.05) is 23.9 Å². The summed E-state index contributed by atoms with van der Waals surface area (Å²) in [6, 6.07) is 7.92. The number of carboxylic acids is 1. The van der Waals surface area contributed by atoms with Crippen molar-refractivity contribution in [2.45, 2.75) is 12.8 Å². The smallest absolute Gasteiger partial charge is 0.308 e. The Bertz CT molecular complexity index is 609. The lowest BCUT2D eigenvalue weighted by atomic mass is 9.98. The molecule has 5 heteroatoms. The van der Waals surface area contributed by atoms with Crippen LogP contribution in [0.3, 0.4) is 0 Å². The molecule has 1 fully saturated rings. The van der Waals surface area contributed by atoms with Crippen LogP contribution < -0.4 is 4.90 Å². The number of carboxylic acid groups (broad SMARTS) is 1. The molecule has 98 valence electrons. The monoisotopic (exact) mass is 257 g/mol. The van der Waals surface area contributed by atoms with Crippen LogP contribution in [0.25, 0.3) is 10.8 Å². The second-order valence-corrected chi connectivity index (χ2v) is 4.88. The number of fused-ring (bicyclic) bond motifs is 1. The normalized spacial score (nSPS) is 19.6. The van der Waals surface area contributed by atoms with Crippen LogP contribution in [0.1, 0.15) is 12.8 Å². The molecule has 1 atom stereocenters. The molecule has 19 heavy (non-hydrogen) atoms. The summed E-state index contributed by atoms with van der Waals surface area (Å²) in [5.41, 5.74) is 0. The quantitative estimate of drug-likeness (QED) is 0.890. The molecule has 0 radical (unpaired) electrons. The molecular weight excluding hydrogens is 242 g/mol. The van der Waals surface area contributed by atoms with Gasteiger partial charge < -0.3 is 10.0 Å². The van der Waals surface area contributed by atoms with Crippen LogP contribution in [0.5, 0.6) is 0 Å². The molecular formula is C14H15N3O2. The van der Waals surface area contributed by atoms with Gasteiger partial charge in [-0.25, -0.2) is 0 Å². The van der Waals surface area contributed by atoms with Crippen molar-refractivity contribution in [3.63, 3.8) is 0 Å². The van der Waals surface area contributed by atoms with E-state index < -0.39 is 5.97 Å². The molecule has 1 aliphatic rings. The lowest BCUT2D eigenvalue weighted by Crippen LogP contribution is -2.39. The van der Waals surface area contributed by atoms with E-state index in [0.717, 1.165) is 36.0 Å². The molecule has 3 rings (SSSR count). The second-order valence-electron chi connectivity index (χ2n) is 4.88. The van der Waals surface area contributed by atoms with Crippen LogP contribution in [-0.4, -0.2) is 34.4 Å². The molecule has 1 unspecified atom stereocenters. The van der Waals surface area contributed by atoms with E-state index in [0.29, 0.717) is 6.54 Å². The summed E-state index contributed by atoms with van der Waals surface area (Å²) in [7, 11) is 0. The van der Waals surface area contributed by atoms with E-state index in [1.165, 1.54) is 0 Å². The molecule has 1 aromatic carbocycles. The topological polar surface area (TPSA) is 66.3 Å². The lowest BCUT2D eigenvalue weighted by Gasteiger charge is -2.31. The number of nitrogens with zero attached hydrogens (tertiary/aromatic N) is 3. The maximum atomic E-state index is 11.1. The summed E-state index contributed by atoms with van der Waals surface area (Å²) in [5.74, 6) is -0.239. The standard InChI is InChI=1S/C14H15N3O2/c18-14(19)11-5-3-7-17(9-11)13-12-6-2-1-4-10(12)8-15-16-13/h1-2,4,6,8,11H,3,5,7,9H2,(H,18,19). The molecule has 0 saturated carbocycles. The first kappa shape index (κ1) is 11.9. The number of hydrogen-bond acceptors (Lipinski definition) is 4. The average Bonchev–Trinajstić information content (AvgIpc) is 2.47. The maximum Gasteiger partial charge on any atom is 0.308 e. The molecule has 0 spiro atoms. The summed E-state index contributed by atoms with van der Waals surface area (Å²) in [4.78, 5) is 13.2. The van der Waals surface area contributed by atoms with Crippen molar-refractivity contribution in [2.75, 3.05) is 18.0 Å². The number of piperidine rings is 1. The third kappa shape index (κ3) is 2.23. The van der Waals surface area contributed by atoms with Crippen molar-refractivity contribution in [1.82, 2.24) is 10.2 Å². The Kier molecular flexibility index (Phi) is 3.03. The van der Waals surface area contributed by atoms with E-state index in [1.54, 1.807) is 6.20 Å². The summed E-state index contributed by atoms with van der Waals surface area (Å²) in [6.45, 7) is 1.35. The van der Waals surface area contributed by atoms with Crippen LogP contribution in [-0.2, 0) is 4.79 Å². The van der Waals surface area contributed by atoms with Crippen molar-refractivity contribution >= 4 is 22.6 Å². The van der Waals surface area contributed by atoms with Gasteiger partial charge in [0.15, 0.2) is 5.82 Å². The molecule has 0 bridgehead atoms. The highest BCUT2D eigenvalue weighted by Gasteiger charge is 2.27.